The number of carboxylic acid groups (broad SMARTS) is 1. The van der Waals surface area contributed by atoms with Gasteiger partial charge in [0.15, 0.2) is 12.4 Å². The van der Waals surface area contributed by atoms with E-state index in [-0.39, 0.29) is 38.6 Å². The summed E-state index contributed by atoms with van der Waals surface area (Å²) in [6.07, 6.45) is 101. The summed E-state index contributed by atoms with van der Waals surface area (Å²) in [4.78, 5) is 37.6. The molecule has 2 unspecified atom stereocenters. The predicted octanol–water partition coefficient (Wildman–Crippen LogP) is 23.6. The zero-order valence-electron chi connectivity index (χ0n) is 61.4. The van der Waals surface area contributed by atoms with Gasteiger partial charge in [-0.2, -0.15) is 0 Å². The van der Waals surface area contributed by atoms with Crippen molar-refractivity contribution in [3.8, 4) is 0 Å². The van der Waals surface area contributed by atoms with Crippen LogP contribution in [-0.2, 0) is 33.3 Å². The van der Waals surface area contributed by atoms with Crippen LogP contribution in [0.15, 0.2) is 109 Å². The molecule has 0 heterocycles. The van der Waals surface area contributed by atoms with E-state index in [9.17, 15) is 19.5 Å². The van der Waals surface area contributed by atoms with Gasteiger partial charge in [0.2, 0.25) is 0 Å². The van der Waals surface area contributed by atoms with Gasteiger partial charge in [-0.3, -0.25) is 9.59 Å². The van der Waals surface area contributed by atoms with Crippen LogP contribution in [0.1, 0.15) is 348 Å². The molecule has 0 spiro atoms. The molecule has 0 saturated heterocycles. The van der Waals surface area contributed by atoms with Crippen LogP contribution in [0, 0.1) is 0 Å². The molecule has 9 nitrogen and oxygen atoms in total. The maximum absolute atomic E-state index is 12.9. The van der Waals surface area contributed by atoms with Crippen molar-refractivity contribution in [2.75, 3.05) is 47.5 Å². The normalized spacial score (nSPS) is 13.3. The Morgan fingerprint density at radius 3 is 0.914 bits per heavy atom. The van der Waals surface area contributed by atoms with E-state index >= 15 is 0 Å². The number of rotatable bonds is 72. The minimum atomic E-state index is -1.63. The first-order valence-electron chi connectivity index (χ1n) is 39.0. The highest BCUT2D eigenvalue weighted by molar-refractivity contribution is 5.70. The van der Waals surface area contributed by atoms with E-state index in [0.717, 1.165) is 96.3 Å². The minimum Gasteiger partial charge on any atom is -0.545 e. The summed E-state index contributed by atoms with van der Waals surface area (Å²) < 4.78 is 22.8. The highest BCUT2D eigenvalue weighted by Crippen LogP contribution is 2.18. The van der Waals surface area contributed by atoms with Crippen LogP contribution in [0.25, 0.3) is 0 Å². The first-order valence-corrected chi connectivity index (χ1v) is 39.0. The molecule has 0 aliphatic rings. The lowest BCUT2D eigenvalue weighted by Gasteiger charge is -2.26. The lowest BCUT2D eigenvalue weighted by molar-refractivity contribution is -0.870. The molecule has 0 aromatic carbocycles. The van der Waals surface area contributed by atoms with Crippen molar-refractivity contribution in [2.45, 2.75) is 360 Å². The average molecular weight is 1300 g/mol. The van der Waals surface area contributed by atoms with E-state index in [4.69, 9.17) is 18.9 Å². The summed E-state index contributed by atoms with van der Waals surface area (Å²) in [5, 5.41) is 11.8. The summed E-state index contributed by atoms with van der Waals surface area (Å²) in [6, 6.07) is 0. The number of nitrogens with zero attached hydrogens (tertiary/aromatic N) is 1. The quantitative estimate of drug-likeness (QED) is 0.0195. The van der Waals surface area contributed by atoms with Crippen LogP contribution >= 0.6 is 0 Å². The highest BCUT2D eigenvalue weighted by Gasteiger charge is 2.22. The molecule has 2 atom stereocenters. The summed E-state index contributed by atoms with van der Waals surface area (Å²) in [5.41, 5.74) is 0. The van der Waals surface area contributed by atoms with Gasteiger partial charge in [-0.05, 0) is 103 Å². The van der Waals surface area contributed by atoms with Crippen LogP contribution < -0.4 is 5.11 Å². The van der Waals surface area contributed by atoms with E-state index in [1.165, 1.54) is 218 Å². The van der Waals surface area contributed by atoms with E-state index in [1.54, 1.807) is 0 Å². The fourth-order valence-corrected chi connectivity index (χ4v) is 11.1. The Hall–Kier alpha value is -4.05. The predicted molar refractivity (Wildman–Crippen MR) is 398 cm³/mol. The van der Waals surface area contributed by atoms with Crippen molar-refractivity contribution in [3.63, 3.8) is 0 Å². The Morgan fingerprint density at radius 1 is 0.333 bits per heavy atom. The van der Waals surface area contributed by atoms with Gasteiger partial charge in [-0.25, -0.2) is 0 Å². The summed E-state index contributed by atoms with van der Waals surface area (Å²) in [7, 11) is 5.93. The maximum atomic E-state index is 12.9. The molecule has 0 rings (SSSR count). The third-order valence-electron chi connectivity index (χ3n) is 17.0. The van der Waals surface area contributed by atoms with E-state index in [0.29, 0.717) is 17.4 Å². The van der Waals surface area contributed by atoms with Crippen LogP contribution in [0.2, 0.25) is 0 Å². The highest BCUT2D eigenvalue weighted by atomic mass is 16.7. The molecule has 0 amide bonds. The average Bonchev–Trinajstić information content (AvgIpc) is 3.38. The van der Waals surface area contributed by atoms with Crippen LogP contribution in [0.5, 0.6) is 0 Å². The van der Waals surface area contributed by atoms with E-state index in [1.807, 2.05) is 21.1 Å². The van der Waals surface area contributed by atoms with Crippen molar-refractivity contribution >= 4 is 17.9 Å². The Morgan fingerprint density at radius 2 is 0.613 bits per heavy atom. The fourth-order valence-electron chi connectivity index (χ4n) is 11.1. The molecule has 0 bridgehead atoms. The molecule has 0 aliphatic carbocycles. The summed E-state index contributed by atoms with van der Waals surface area (Å²) in [6.45, 7) is 4.64. The molecule has 9 heteroatoms. The monoisotopic (exact) mass is 1300 g/mol. The second-order valence-corrected chi connectivity index (χ2v) is 27.3. The summed E-state index contributed by atoms with van der Waals surface area (Å²) in [5.74, 6) is -2.28. The topological polar surface area (TPSA) is 111 Å². The zero-order valence-corrected chi connectivity index (χ0v) is 61.4. The Kier molecular flexibility index (Phi) is 70.5. The summed E-state index contributed by atoms with van der Waals surface area (Å²) >= 11 is 0. The molecule has 0 aromatic heterocycles. The first kappa shape index (κ1) is 89.0. The van der Waals surface area contributed by atoms with Crippen molar-refractivity contribution in [1.82, 2.24) is 0 Å². The minimum absolute atomic E-state index is 0.143. The molecular weight excluding hydrogens is 1150 g/mol. The number of carbonyl (C=O) groups excluding carboxylic acids is 3. The molecule has 536 valence electrons. The van der Waals surface area contributed by atoms with Crippen LogP contribution in [0.4, 0.5) is 0 Å². The van der Waals surface area contributed by atoms with Crippen LogP contribution in [-0.4, -0.2) is 82.3 Å². The Bertz CT molecular complexity index is 1900. The van der Waals surface area contributed by atoms with Gasteiger partial charge in [0.1, 0.15) is 13.2 Å². The maximum Gasteiger partial charge on any atom is 0.306 e. The molecule has 0 aromatic rings. The third-order valence-corrected chi connectivity index (χ3v) is 17.0. The molecule has 0 radical (unpaired) electrons. The lowest BCUT2D eigenvalue weighted by atomic mass is 10.0. The van der Waals surface area contributed by atoms with Gasteiger partial charge in [0, 0.05) is 12.8 Å². The number of carbonyl (C=O) groups is 3. The van der Waals surface area contributed by atoms with Gasteiger partial charge in [0.05, 0.1) is 40.3 Å². The number of aliphatic carboxylic acids is 1. The van der Waals surface area contributed by atoms with Crippen molar-refractivity contribution < 1.29 is 42.9 Å². The first-order chi connectivity index (χ1) is 45.6. The number of unbranched alkanes of at least 4 members (excludes halogenated alkanes) is 39. The molecular formula is C84H147NO8. The number of esters is 2. The number of allylic oxidation sites excluding steroid dienone is 18. The molecule has 93 heavy (non-hydrogen) atoms. The van der Waals surface area contributed by atoms with E-state index in [2.05, 4.69) is 123 Å². The molecule has 0 N–H and O–H groups in total. The number of hydrogen-bond donors (Lipinski definition) is 0. The second kappa shape index (κ2) is 73.8. The third kappa shape index (κ3) is 75.2. The number of quaternary nitrogens is 1. The lowest BCUT2D eigenvalue weighted by Crippen LogP contribution is -2.44. The molecule has 0 aliphatic heterocycles. The van der Waals surface area contributed by atoms with Gasteiger partial charge in [-0.15, -0.1) is 0 Å². The largest absolute Gasteiger partial charge is 0.545 e. The molecule has 0 saturated carbocycles. The number of ether oxygens (including phenoxy) is 4. The van der Waals surface area contributed by atoms with Gasteiger partial charge in [0.25, 0.3) is 0 Å². The molecule has 0 fully saturated rings. The van der Waals surface area contributed by atoms with Gasteiger partial charge in [-0.1, -0.05) is 342 Å². The van der Waals surface area contributed by atoms with E-state index < -0.39 is 24.3 Å². The Labute approximate surface area is 575 Å². The number of hydrogen-bond acceptors (Lipinski definition) is 8. The van der Waals surface area contributed by atoms with Crippen molar-refractivity contribution in [1.29, 1.82) is 0 Å². The second-order valence-electron chi connectivity index (χ2n) is 27.3. The Balaban J connectivity index is 4.00. The van der Waals surface area contributed by atoms with Gasteiger partial charge >= 0.3 is 11.9 Å². The van der Waals surface area contributed by atoms with Gasteiger partial charge < -0.3 is 33.3 Å². The smallest absolute Gasteiger partial charge is 0.306 e. The zero-order chi connectivity index (χ0) is 67.5. The SMILES string of the molecule is CC/C=C\C/C=C\C/C=C\C/C=C\C/C=C\C/C=C\CCCCCCCCCCC(=O)OC(COC(=O)CCCCCCCCCCCCCCCCCCCCCCCCCCCC/C=C\C/C=C\C/C=C\CCCCCCC)COC(OCC[N+](C)(C)C)C(=O)[O-]. The van der Waals surface area contributed by atoms with Crippen LogP contribution in [0.3, 0.4) is 0 Å². The standard InChI is InChI=1S/C84H147NO8/c1-6-8-10-12-14-16-18-20-22-24-26-28-30-32-34-35-36-37-38-39-40-41-42-43-44-45-46-47-49-50-52-54-56-58-60-62-64-66-68-70-72-74-81(86)91-78-80(79-92-84(83(88)89)90-77-76-85(3,4)5)93-82(87)75-73-71-69-67-65-63-61-59-57-55-53-51-48-33-31-29-27-25-23-21-19-17-15-13-11-9-7-2/h9,11,15,17-18,20-21,23-24,26-27,29-30,32-33,48,53,55,80,84H,6-8,10,12-14,16,19,22,25,28,31,34-47,49-52,54,56-79H2,1-5H3/b11-9-,17-15-,20-18-,23-21-,26-24-,29-27-,32-30-,48-33-,55-53-. The fraction of sp³-hybridized carbons (Fsp3) is 0.750. The number of likely N-dealkylation sites (N-methyl/N-ethyl adjacent to an activating group) is 1. The van der Waals surface area contributed by atoms with Crippen molar-refractivity contribution in [2.24, 2.45) is 0 Å². The number of carboxylic acids is 1. The van der Waals surface area contributed by atoms with Crippen molar-refractivity contribution in [3.05, 3.63) is 109 Å².